The van der Waals surface area contributed by atoms with Gasteiger partial charge in [-0.3, -0.25) is 9.59 Å². The highest BCUT2D eigenvalue weighted by Crippen LogP contribution is 2.25. The van der Waals surface area contributed by atoms with Crippen molar-refractivity contribution in [3.8, 4) is 0 Å². The van der Waals surface area contributed by atoms with E-state index in [9.17, 15) is 9.59 Å². The maximum absolute atomic E-state index is 11.0. The molecule has 104 valence electrons. The molecule has 1 heterocycles. The largest absolute Gasteiger partial charge is 0.480 e. The first-order chi connectivity index (χ1) is 8.53. The first-order valence-electron chi connectivity index (χ1n) is 6.33. The Kier molecular flexibility index (Phi) is 5.55. The predicted molar refractivity (Wildman–Crippen MR) is 64.3 cm³/mol. The van der Waals surface area contributed by atoms with E-state index in [0.29, 0.717) is 13.0 Å². The number of hydrogen-bond donors (Lipinski definition) is 3. The molecule has 18 heavy (non-hydrogen) atoms. The third kappa shape index (κ3) is 3.43. The number of aliphatic hydroxyl groups excluding tert-OH is 1. The Balaban J connectivity index is 2.46. The average molecular weight is 259 g/mol. The van der Waals surface area contributed by atoms with Crippen molar-refractivity contribution in [1.29, 1.82) is 0 Å². The zero-order valence-corrected chi connectivity index (χ0v) is 10.5. The zero-order chi connectivity index (χ0) is 13.6. The number of rotatable bonds is 7. The quantitative estimate of drug-likeness (QED) is 0.572. The van der Waals surface area contributed by atoms with Crippen LogP contribution >= 0.6 is 0 Å². The third-order valence-electron chi connectivity index (χ3n) is 3.62. The lowest BCUT2D eigenvalue weighted by atomic mass is 9.84. The maximum Gasteiger partial charge on any atom is 0.323 e. The van der Waals surface area contributed by atoms with Crippen LogP contribution in [0.4, 0.5) is 0 Å². The fraction of sp³-hybridized carbons (Fsp3) is 0.833. The minimum atomic E-state index is -2.05. The molecule has 0 atom stereocenters. The van der Waals surface area contributed by atoms with Gasteiger partial charge in [0.25, 0.3) is 0 Å². The summed E-state index contributed by atoms with van der Waals surface area (Å²) in [4.78, 5) is 24.3. The molecule has 0 aliphatic carbocycles. The van der Waals surface area contributed by atoms with Crippen molar-refractivity contribution in [1.82, 2.24) is 4.90 Å². The third-order valence-corrected chi connectivity index (χ3v) is 3.62. The van der Waals surface area contributed by atoms with Gasteiger partial charge in [0, 0.05) is 0 Å². The highest BCUT2D eigenvalue weighted by Gasteiger charge is 2.45. The van der Waals surface area contributed by atoms with Crippen LogP contribution in [0.3, 0.4) is 0 Å². The van der Waals surface area contributed by atoms with Gasteiger partial charge in [-0.05, 0) is 45.3 Å². The Morgan fingerprint density at radius 2 is 1.61 bits per heavy atom. The number of aliphatic carboxylic acids is 2. The molecule has 0 saturated carbocycles. The molecular weight excluding hydrogens is 238 g/mol. The van der Waals surface area contributed by atoms with E-state index < -0.39 is 24.0 Å². The monoisotopic (exact) mass is 259 g/mol. The van der Waals surface area contributed by atoms with Crippen molar-refractivity contribution in [2.24, 2.45) is 5.41 Å². The molecule has 6 heteroatoms. The zero-order valence-electron chi connectivity index (χ0n) is 10.5. The molecule has 1 fully saturated rings. The first-order valence-corrected chi connectivity index (χ1v) is 6.33. The van der Waals surface area contributed by atoms with Crippen LogP contribution in [0.2, 0.25) is 0 Å². The molecule has 0 radical (unpaired) electrons. The number of carboxylic acids is 2. The molecule has 0 spiro atoms. The minimum absolute atomic E-state index is 0.0370. The second kappa shape index (κ2) is 6.70. The molecule has 1 aliphatic heterocycles. The number of aliphatic hydroxyl groups is 1. The fourth-order valence-electron chi connectivity index (χ4n) is 2.31. The van der Waals surface area contributed by atoms with E-state index in [4.69, 9.17) is 15.3 Å². The number of likely N-dealkylation sites (tertiary alicyclic amines) is 1. The average Bonchev–Trinajstić information content (AvgIpc) is 2.35. The molecule has 0 unspecified atom stereocenters. The van der Waals surface area contributed by atoms with Crippen LogP contribution in [0.1, 0.15) is 32.1 Å². The summed E-state index contributed by atoms with van der Waals surface area (Å²) >= 11 is 0. The smallest absolute Gasteiger partial charge is 0.323 e. The number of carboxylic acid groups (broad SMARTS) is 2. The van der Waals surface area contributed by atoms with E-state index >= 15 is 0 Å². The Morgan fingerprint density at radius 1 is 1.06 bits per heavy atom. The molecule has 1 aliphatic rings. The van der Waals surface area contributed by atoms with Crippen LogP contribution < -0.4 is 0 Å². The van der Waals surface area contributed by atoms with Gasteiger partial charge in [-0.25, -0.2) is 0 Å². The summed E-state index contributed by atoms with van der Waals surface area (Å²) in [5.74, 6) is -2.92. The summed E-state index contributed by atoms with van der Waals surface area (Å²) in [6.45, 7) is 1.82. The highest BCUT2D eigenvalue weighted by atomic mass is 16.4. The summed E-state index contributed by atoms with van der Waals surface area (Å²) in [7, 11) is 0. The van der Waals surface area contributed by atoms with E-state index in [1.807, 2.05) is 0 Å². The lowest BCUT2D eigenvalue weighted by molar-refractivity contribution is -0.168. The number of piperidine rings is 1. The van der Waals surface area contributed by atoms with Crippen LogP contribution in [0.5, 0.6) is 0 Å². The molecule has 6 nitrogen and oxygen atoms in total. The van der Waals surface area contributed by atoms with Crippen LogP contribution in [0.25, 0.3) is 0 Å². The van der Waals surface area contributed by atoms with Gasteiger partial charge < -0.3 is 20.2 Å². The molecule has 0 aromatic heterocycles. The number of carbonyl (C=O) groups is 2. The SMILES string of the molecule is O=C(O)C(CO)(CCCN1CCCCC1)C(=O)O. The standard InChI is InChI=1S/C12H21NO5/c14-9-12(10(15)16,11(17)18)5-4-8-13-6-2-1-3-7-13/h14H,1-9H2,(H,15,16)(H,17,18). The van der Waals surface area contributed by atoms with E-state index in [1.165, 1.54) is 6.42 Å². The Bertz CT molecular complexity index is 285. The molecule has 1 saturated heterocycles. The van der Waals surface area contributed by atoms with Crippen molar-refractivity contribution in [3.63, 3.8) is 0 Å². The number of hydrogen-bond acceptors (Lipinski definition) is 4. The molecule has 1 rings (SSSR count). The van der Waals surface area contributed by atoms with Crippen LogP contribution in [0, 0.1) is 5.41 Å². The number of nitrogens with zero attached hydrogens (tertiary/aromatic N) is 1. The maximum atomic E-state index is 11.0. The fourth-order valence-corrected chi connectivity index (χ4v) is 2.31. The first kappa shape index (κ1) is 14.9. The second-order valence-electron chi connectivity index (χ2n) is 4.86. The van der Waals surface area contributed by atoms with E-state index in [2.05, 4.69) is 4.90 Å². The van der Waals surface area contributed by atoms with Gasteiger partial charge in [0.1, 0.15) is 0 Å². The topological polar surface area (TPSA) is 98.1 Å². The van der Waals surface area contributed by atoms with Gasteiger partial charge >= 0.3 is 11.9 Å². The molecule has 0 bridgehead atoms. The van der Waals surface area contributed by atoms with Crippen molar-refractivity contribution in [3.05, 3.63) is 0 Å². The Hall–Kier alpha value is -1.14. The molecular formula is C12H21NO5. The molecule has 0 amide bonds. The van der Waals surface area contributed by atoms with Gasteiger partial charge in [-0.1, -0.05) is 6.42 Å². The van der Waals surface area contributed by atoms with E-state index in [1.54, 1.807) is 0 Å². The van der Waals surface area contributed by atoms with E-state index in [0.717, 1.165) is 25.9 Å². The van der Waals surface area contributed by atoms with Gasteiger partial charge in [0.05, 0.1) is 6.61 Å². The van der Waals surface area contributed by atoms with Crippen LogP contribution in [-0.2, 0) is 9.59 Å². The minimum Gasteiger partial charge on any atom is -0.480 e. The Labute approximate surface area is 106 Å². The highest BCUT2D eigenvalue weighted by molar-refractivity contribution is 5.98. The molecule has 0 aromatic rings. The van der Waals surface area contributed by atoms with Crippen molar-refractivity contribution >= 4 is 11.9 Å². The van der Waals surface area contributed by atoms with Crippen molar-refractivity contribution in [2.45, 2.75) is 32.1 Å². The van der Waals surface area contributed by atoms with Crippen molar-refractivity contribution < 1.29 is 24.9 Å². The van der Waals surface area contributed by atoms with Gasteiger partial charge in [0.2, 0.25) is 0 Å². The summed E-state index contributed by atoms with van der Waals surface area (Å²) in [6, 6.07) is 0. The van der Waals surface area contributed by atoms with E-state index in [-0.39, 0.29) is 6.42 Å². The van der Waals surface area contributed by atoms with Gasteiger partial charge in [-0.2, -0.15) is 0 Å². The van der Waals surface area contributed by atoms with Gasteiger partial charge in [0.15, 0.2) is 5.41 Å². The van der Waals surface area contributed by atoms with Crippen LogP contribution in [0.15, 0.2) is 0 Å². The lowest BCUT2D eigenvalue weighted by Gasteiger charge is -2.28. The van der Waals surface area contributed by atoms with Crippen LogP contribution in [-0.4, -0.2) is 58.4 Å². The predicted octanol–water partition coefficient (Wildman–Crippen LogP) is 0.400. The normalized spacial score (nSPS) is 17.6. The molecule has 3 N–H and O–H groups in total. The summed E-state index contributed by atoms with van der Waals surface area (Å²) in [5.41, 5.74) is -2.05. The van der Waals surface area contributed by atoms with Gasteiger partial charge in [-0.15, -0.1) is 0 Å². The second-order valence-corrected chi connectivity index (χ2v) is 4.86. The lowest BCUT2D eigenvalue weighted by Crippen LogP contribution is -2.43. The van der Waals surface area contributed by atoms with Crippen molar-refractivity contribution in [2.75, 3.05) is 26.2 Å². The Morgan fingerprint density at radius 3 is 2.06 bits per heavy atom. The summed E-state index contributed by atoms with van der Waals surface area (Å²) in [5, 5.41) is 27.0. The summed E-state index contributed by atoms with van der Waals surface area (Å²) < 4.78 is 0. The summed E-state index contributed by atoms with van der Waals surface area (Å²) in [6.07, 6.45) is 3.94. The molecule has 0 aromatic carbocycles.